The summed E-state index contributed by atoms with van der Waals surface area (Å²) in [6.07, 6.45) is 1.43. The molecule has 0 unspecified atom stereocenters. The SMILES string of the molecule is CN(C(=O)c1ccccc1NC(=O)c1ccco1)c1ccccc1. The fourth-order valence-corrected chi connectivity index (χ4v) is 2.32. The first-order valence-electron chi connectivity index (χ1n) is 7.44. The maximum atomic E-state index is 12.8. The van der Waals surface area contributed by atoms with E-state index in [0.717, 1.165) is 5.69 Å². The molecule has 0 aliphatic rings. The van der Waals surface area contributed by atoms with Gasteiger partial charge in [0.2, 0.25) is 0 Å². The van der Waals surface area contributed by atoms with Crippen LogP contribution < -0.4 is 10.2 Å². The van der Waals surface area contributed by atoms with Crippen molar-refractivity contribution in [2.45, 2.75) is 0 Å². The van der Waals surface area contributed by atoms with Crippen molar-refractivity contribution in [2.75, 3.05) is 17.3 Å². The fourth-order valence-electron chi connectivity index (χ4n) is 2.32. The standard InChI is InChI=1S/C19H16N2O3/c1-21(14-8-3-2-4-9-14)19(23)15-10-5-6-11-16(15)20-18(22)17-12-7-13-24-17/h2-13H,1H3,(H,20,22). The molecular weight excluding hydrogens is 304 g/mol. The van der Waals surface area contributed by atoms with E-state index in [1.807, 2.05) is 30.3 Å². The molecule has 2 aromatic carbocycles. The molecule has 0 spiro atoms. The zero-order chi connectivity index (χ0) is 16.9. The van der Waals surface area contributed by atoms with Crippen molar-refractivity contribution in [2.24, 2.45) is 0 Å². The van der Waals surface area contributed by atoms with Gasteiger partial charge in [-0.05, 0) is 36.4 Å². The van der Waals surface area contributed by atoms with E-state index in [1.165, 1.54) is 11.2 Å². The molecule has 1 N–H and O–H groups in total. The number of anilines is 2. The Morgan fingerprint density at radius 1 is 0.917 bits per heavy atom. The Morgan fingerprint density at radius 3 is 2.33 bits per heavy atom. The van der Waals surface area contributed by atoms with Crippen molar-refractivity contribution in [3.63, 3.8) is 0 Å². The number of amides is 2. The molecule has 0 saturated heterocycles. The number of rotatable bonds is 4. The molecule has 0 saturated carbocycles. The molecule has 3 rings (SSSR count). The van der Waals surface area contributed by atoms with Crippen LogP contribution in [0.5, 0.6) is 0 Å². The molecule has 0 radical (unpaired) electrons. The Labute approximate surface area is 139 Å². The second kappa shape index (κ2) is 6.83. The van der Waals surface area contributed by atoms with E-state index in [4.69, 9.17) is 4.42 Å². The minimum atomic E-state index is -0.400. The van der Waals surface area contributed by atoms with Crippen molar-refractivity contribution in [3.8, 4) is 0 Å². The van der Waals surface area contributed by atoms with Gasteiger partial charge >= 0.3 is 0 Å². The Hall–Kier alpha value is -3.34. The van der Waals surface area contributed by atoms with Gasteiger partial charge in [-0.1, -0.05) is 30.3 Å². The van der Waals surface area contributed by atoms with Crippen molar-refractivity contribution in [1.82, 2.24) is 0 Å². The first-order chi connectivity index (χ1) is 11.7. The first-order valence-corrected chi connectivity index (χ1v) is 7.44. The highest BCUT2D eigenvalue weighted by atomic mass is 16.3. The van der Waals surface area contributed by atoms with Gasteiger partial charge in [-0.2, -0.15) is 0 Å². The highest BCUT2D eigenvalue weighted by Gasteiger charge is 2.19. The van der Waals surface area contributed by atoms with Crippen LogP contribution in [-0.4, -0.2) is 18.9 Å². The second-order valence-corrected chi connectivity index (χ2v) is 5.18. The normalized spacial score (nSPS) is 10.2. The van der Waals surface area contributed by atoms with Gasteiger partial charge in [0.1, 0.15) is 0 Å². The van der Waals surface area contributed by atoms with E-state index in [9.17, 15) is 9.59 Å². The molecule has 1 aromatic heterocycles. The summed E-state index contributed by atoms with van der Waals surface area (Å²) >= 11 is 0. The van der Waals surface area contributed by atoms with E-state index in [1.54, 1.807) is 43.4 Å². The first kappa shape index (κ1) is 15.6. The molecule has 0 fully saturated rings. The van der Waals surface area contributed by atoms with Crippen molar-refractivity contribution < 1.29 is 14.0 Å². The van der Waals surface area contributed by atoms with Gasteiger partial charge in [-0.25, -0.2) is 0 Å². The number of hydrogen-bond acceptors (Lipinski definition) is 3. The largest absolute Gasteiger partial charge is 0.459 e. The smallest absolute Gasteiger partial charge is 0.291 e. The van der Waals surface area contributed by atoms with E-state index in [2.05, 4.69) is 5.32 Å². The molecule has 0 bridgehead atoms. The van der Waals surface area contributed by atoms with Crippen LogP contribution >= 0.6 is 0 Å². The van der Waals surface area contributed by atoms with Gasteiger partial charge in [0.15, 0.2) is 5.76 Å². The van der Waals surface area contributed by atoms with Crippen LogP contribution in [0.1, 0.15) is 20.9 Å². The molecule has 2 amide bonds. The maximum absolute atomic E-state index is 12.8. The number of carbonyl (C=O) groups excluding carboxylic acids is 2. The molecule has 5 heteroatoms. The highest BCUT2D eigenvalue weighted by molar-refractivity contribution is 6.12. The summed E-state index contributed by atoms with van der Waals surface area (Å²) in [6.45, 7) is 0. The Balaban J connectivity index is 1.86. The Bertz CT molecular complexity index is 842. The number of para-hydroxylation sites is 2. The number of benzene rings is 2. The molecular formula is C19H16N2O3. The van der Waals surface area contributed by atoms with Crippen molar-refractivity contribution in [3.05, 3.63) is 84.3 Å². The average Bonchev–Trinajstić information content (AvgIpc) is 3.16. The lowest BCUT2D eigenvalue weighted by atomic mass is 10.1. The number of hydrogen-bond donors (Lipinski definition) is 1. The minimum absolute atomic E-state index is 0.189. The van der Waals surface area contributed by atoms with Crippen LogP contribution in [0.3, 0.4) is 0 Å². The topological polar surface area (TPSA) is 62.6 Å². The number of carbonyl (C=O) groups is 2. The van der Waals surface area contributed by atoms with E-state index >= 15 is 0 Å². The fraction of sp³-hybridized carbons (Fsp3) is 0.0526. The van der Waals surface area contributed by atoms with E-state index in [0.29, 0.717) is 11.3 Å². The number of furan rings is 1. The molecule has 120 valence electrons. The molecule has 0 atom stereocenters. The number of nitrogens with zero attached hydrogens (tertiary/aromatic N) is 1. The predicted molar refractivity (Wildman–Crippen MR) is 92.3 cm³/mol. The molecule has 1 heterocycles. The van der Waals surface area contributed by atoms with Crippen LogP contribution in [0.15, 0.2) is 77.4 Å². The zero-order valence-electron chi connectivity index (χ0n) is 13.1. The van der Waals surface area contributed by atoms with Gasteiger partial charge in [0.05, 0.1) is 17.5 Å². The lowest BCUT2D eigenvalue weighted by Gasteiger charge is -2.19. The molecule has 0 aliphatic carbocycles. The lowest BCUT2D eigenvalue weighted by Crippen LogP contribution is -2.27. The predicted octanol–water partition coefficient (Wildman–Crippen LogP) is 3.81. The third kappa shape index (κ3) is 3.20. The van der Waals surface area contributed by atoms with Crippen LogP contribution in [0, 0.1) is 0 Å². The highest BCUT2D eigenvalue weighted by Crippen LogP contribution is 2.21. The average molecular weight is 320 g/mol. The summed E-state index contributed by atoms with van der Waals surface area (Å²) in [4.78, 5) is 26.5. The monoisotopic (exact) mass is 320 g/mol. The van der Waals surface area contributed by atoms with E-state index in [-0.39, 0.29) is 11.7 Å². The van der Waals surface area contributed by atoms with Crippen LogP contribution in [0.2, 0.25) is 0 Å². The minimum Gasteiger partial charge on any atom is -0.459 e. The van der Waals surface area contributed by atoms with Crippen molar-refractivity contribution in [1.29, 1.82) is 0 Å². The summed E-state index contributed by atoms with van der Waals surface area (Å²) < 4.78 is 5.08. The molecule has 5 nitrogen and oxygen atoms in total. The summed E-state index contributed by atoms with van der Waals surface area (Å²) in [7, 11) is 1.70. The van der Waals surface area contributed by atoms with Gasteiger partial charge < -0.3 is 14.6 Å². The van der Waals surface area contributed by atoms with Crippen molar-refractivity contribution >= 4 is 23.2 Å². The summed E-state index contributed by atoms with van der Waals surface area (Å²) in [5.41, 5.74) is 1.62. The maximum Gasteiger partial charge on any atom is 0.291 e. The second-order valence-electron chi connectivity index (χ2n) is 5.18. The van der Waals surface area contributed by atoms with Crippen LogP contribution in [-0.2, 0) is 0 Å². The lowest BCUT2D eigenvalue weighted by molar-refractivity contribution is 0.0994. The molecule has 3 aromatic rings. The van der Waals surface area contributed by atoms with Gasteiger partial charge in [0, 0.05) is 12.7 Å². The van der Waals surface area contributed by atoms with Gasteiger partial charge in [-0.15, -0.1) is 0 Å². The third-order valence-corrected chi connectivity index (χ3v) is 3.60. The Kier molecular flexibility index (Phi) is 4.43. The molecule has 0 aliphatic heterocycles. The summed E-state index contributed by atoms with van der Waals surface area (Å²) in [6, 6.07) is 19.4. The summed E-state index contributed by atoms with van der Waals surface area (Å²) in [5, 5.41) is 2.72. The molecule has 24 heavy (non-hydrogen) atoms. The van der Waals surface area contributed by atoms with Crippen LogP contribution in [0.4, 0.5) is 11.4 Å². The zero-order valence-corrected chi connectivity index (χ0v) is 13.1. The Morgan fingerprint density at radius 2 is 1.62 bits per heavy atom. The van der Waals surface area contributed by atoms with E-state index < -0.39 is 5.91 Å². The third-order valence-electron chi connectivity index (χ3n) is 3.60. The number of nitrogens with one attached hydrogen (secondary N) is 1. The van der Waals surface area contributed by atoms with Crippen LogP contribution in [0.25, 0.3) is 0 Å². The quantitative estimate of drug-likeness (QED) is 0.795. The van der Waals surface area contributed by atoms with Gasteiger partial charge in [-0.3, -0.25) is 9.59 Å². The van der Waals surface area contributed by atoms with Gasteiger partial charge in [0.25, 0.3) is 11.8 Å². The summed E-state index contributed by atoms with van der Waals surface area (Å²) in [5.74, 6) is -0.423.